The number of allylic oxidation sites excluding steroid dienone is 2. The lowest BCUT2D eigenvalue weighted by atomic mass is 9.91. The first kappa shape index (κ1) is 7.63. The quantitative estimate of drug-likeness (QED) is 0.405. The molecule has 0 amide bonds. The van der Waals surface area contributed by atoms with Crippen LogP contribution in [0.4, 0.5) is 0 Å². The van der Waals surface area contributed by atoms with Gasteiger partial charge in [0.2, 0.25) is 0 Å². The highest BCUT2D eigenvalue weighted by atomic mass is 32.2. The highest BCUT2D eigenvalue weighted by Crippen LogP contribution is 2.33. The van der Waals surface area contributed by atoms with Crippen LogP contribution < -0.4 is 0 Å². The van der Waals surface area contributed by atoms with Crippen molar-refractivity contribution in [3.8, 4) is 0 Å². The fraction of sp³-hybridized carbons (Fsp3) is 0.200. The lowest BCUT2D eigenvalue weighted by Crippen LogP contribution is -2.11. The van der Waals surface area contributed by atoms with Crippen LogP contribution in [0.5, 0.6) is 0 Å². The fourth-order valence-corrected chi connectivity index (χ4v) is 1.40. The van der Waals surface area contributed by atoms with E-state index in [9.17, 15) is 4.79 Å². The standard InChI is InChI=1S/C5H5BO3S/c7-3-4-1-2-5(10-4)6(8)9/h2,8-9H,1H2. The van der Waals surface area contributed by atoms with E-state index in [4.69, 9.17) is 10.0 Å². The molecule has 0 unspecified atom stereocenters. The van der Waals surface area contributed by atoms with Crippen molar-refractivity contribution >= 4 is 24.8 Å². The highest BCUT2D eigenvalue weighted by molar-refractivity contribution is 8.08. The van der Waals surface area contributed by atoms with Gasteiger partial charge in [0, 0.05) is 11.2 Å². The van der Waals surface area contributed by atoms with Gasteiger partial charge in [-0.1, -0.05) is 17.8 Å². The average molecular weight is 156 g/mol. The minimum Gasteiger partial charge on any atom is -0.423 e. The molecule has 1 rings (SSSR count). The maximum atomic E-state index is 10.00. The van der Waals surface area contributed by atoms with Gasteiger partial charge >= 0.3 is 7.12 Å². The summed E-state index contributed by atoms with van der Waals surface area (Å²) in [6, 6.07) is 0. The summed E-state index contributed by atoms with van der Waals surface area (Å²) in [5.74, 6) is 1.70. The third-order valence-electron chi connectivity index (χ3n) is 1.10. The van der Waals surface area contributed by atoms with Gasteiger partial charge in [-0.25, -0.2) is 4.79 Å². The van der Waals surface area contributed by atoms with Crippen LogP contribution in [0.1, 0.15) is 6.42 Å². The van der Waals surface area contributed by atoms with Crippen molar-refractivity contribution < 1.29 is 14.8 Å². The zero-order chi connectivity index (χ0) is 7.56. The van der Waals surface area contributed by atoms with Crippen LogP contribution in [-0.2, 0) is 4.79 Å². The molecule has 10 heavy (non-hydrogen) atoms. The van der Waals surface area contributed by atoms with Gasteiger partial charge < -0.3 is 10.0 Å². The Morgan fingerprint density at radius 3 is 2.70 bits per heavy atom. The van der Waals surface area contributed by atoms with E-state index in [0.29, 0.717) is 16.1 Å². The highest BCUT2D eigenvalue weighted by Gasteiger charge is 2.21. The number of rotatable bonds is 1. The Kier molecular flexibility index (Phi) is 2.35. The number of hydrogen-bond donors (Lipinski definition) is 2. The first-order valence-corrected chi connectivity index (χ1v) is 3.53. The molecular formula is C5H5BO3S. The SMILES string of the molecule is O=C=C1CC=C(B(O)O)S1. The Labute approximate surface area is 62.6 Å². The van der Waals surface area contributed by atoms with Crippen LogP contribution in [0.25, 0.3) is 0 Å². The molecule has 0 aromatic rings. The molecule has 0 aliphatic carbocycles. The summed E-state index contributed by atoms with van der Waals surface area (Å²) < 4.78 is 0. The summed E-state index contributed by atoms with van der Waals surface area (Å²) in [7, 11) is -1.45. The second-order valence-electron chi connectivity index (χ2n) is 1.81. The molecule has 1 heterocycles. The summed E-state index contributed by atoms with van der Waals surface area (Å²) in [6.07, 6.45) is 2.08. The first-order chi connectivity index (χ1) is 4.74. The van der Waals surface area contributed by atoms with Crippen LogP contribution in [0, 0.1) is 0 Å². The van der Waals surface area contributed by atoms with E-state index in [-0.39, 0.29) is 0 Å². The van der Waals surface area contributed by atoms with Crippen LogP contribution in [-0.4, -0.2) is 23.1 Å². The topological polar surface area (TPSA) is 57.5 Å². The van der Waals surface area contributed by atoms with Crippen LogP contribution in [0.15, 0.2) is 15.8 Å². The molecule has 0 radical (unpaired) electrons. The van der Waals surface area contributed by atoms with Crippen molar-refractivity contribution in [3.63, 3.8) is 0 Å². The molecule has 3 nitrogen and oxygen atoms in total. The van der Waals surface area contributed by atoms with Gasteiger partial charge in [-0.3, -0.25) is 0 Å². The molecule has 0 saturated carbocycles. The molecule has 0 aromatic carbocycles. The van der Waals surface area contributed by atoms with Crippen LogP contribution in [0.3, 0.4) is 0 Å². The maximum Gasteiger partial charge on any atom is 0.495 e. The van der Waals surface area contributed by atoms with Gasteiger partial charge in [-0.2, -0.15) is 0 Å². The summed E-state index contributed by atoms with van der Waals surface area (Å²) >= 11 is 1.07. The first-order valence-electron chi connectivity index (χ1n) is 2.72. The predicted octanol–water partition coefficient (Wildman–Crippen LogP) is -0.265. The second kappa shape index (κ2) is 3.08. The van der Waals surface area contributed by atoms with Gasteiger partial charge in [-0.15, -0.1) is 0 Å². The monoisotopic (exact) mass is 156 g/mol. The third kappa shape index (κ3) is 1.52. The van der Waals surface area contributed by atoms with E-state index in [1.807, 2.05) is 0 Å². The Morgan fingerprint density at radius 2 is 2.40 bits per heavy atom. The molecule has 52 valence electrons. The zero-order valence-electron chi connectivity index (χ0n) is 5.07. The Hall–Kier alpha value is -0.475. The van der Waals surface area contributed by atoms with Crippen molar-refractivity contribution in [3.05, 3.63) is 15.8 Å². The zero-order valence-corrected chi connectivity index (χ0v) is 5.89. The summed E-state index contributed by atoms with van der Waals surface area (Å²) in [4.78, 5) is 10.9. The summed E-state index contributed by atoms with van der Waals surface area (Å²) in [5, 5.41) is 17.2. The number of carbonyl (C=O) groups excluding carboxylic acids is 1. The molecule has 0 aromatic heterocycles. The van der Waals surface area contributed by atoms with E-state index in [1.165, 1.54) is 0 Å². The fourth-order valence-electron chi connectivity index (χ4n) is 0.639. The number of hydrogen-bond acceptors (Lipinski definition) is 4. The smallest absolute Gasteiger partial charge is 0.423 e. The normalized spacial score (nSPS) is 16.6. The van der Waals surface area contributed by atoms with Gasteiger partial charge in [0.15, 0.2) is 0 Å². The molecule has 0 bridgehead atoms. The number of thioether (sulfide) groups is 1. The van der Waals surface area contributed by atoms with E-state index >= 15 is 0 Å². The minimum atomic E-state index is -1.45. The van der Waals surface area contributed by atoms with Crippen molar-refractivity contribution in [1.29, 1.82) is 0 Å². The molecular weight excluding hydrogens is 151 g/mol. The van der Waals surface area contributed by atoms with Gasteiger partial charge in [0.1, 0.15) is 5.94 Å². The lowest BCUT2D eigenvalue weighted by molar-refractivity contribution is 0.423. The van der Waals surface area contributed by atoms with Gasteiger partial charge in [0.25, 0.3) is 0 Å². The summed E-state index contributed by atoms with van der Waals surface area (Å²) in [5.41, 5.74) is 0. The molecule has 1 aliphatic heterocycles. The van der Waals surface area contributed by atoms with Crippen LogP contribution >= 0.6 is 11.8 Å². The van der Waals surface area contributed by atoms with E-state index in [0.717, 1.165) is 11.8 Å². The van der Waals surface area contributed by atoms with E-state index in [1.54, 1.807) is 12.0 Å². The van der Waals surface area contributed by atoms with Crippen molar-refractivity contribution in [2.75, 3.05) is 0 Å². The van der Waals surface area contributed by atoms with Crippen molar-refractivity contribution in [2.45, 2.75) is 6.42 Å². The van der Waals surface area contributed by atoms with Crippen LogP contribution in [0.2, 0.25) is 0 Å². The molecule has 0 spiro atoms. The molecule has 2 N–H and O–H groups in total. The molecule has 0 saturated heterocycles. The van der Waals surface area contributed by atoms with E-state index in [2.05, 4.69) is 0 Å². The minimum absolute atomic E-state index is 0.415. The average Bonchev–Trinajstić information content (AvgIpc) is 2.34. The molecule has 5 heteroatoms. The van der Waals surface area contributed by atoms with Crippen molar-refractivity contribution in [2.24, 2.45) is 0 Å². The largest absolute Gasteiger partial charge is 0.495 e. The summed E-state index contributed by atoms with van der Waals surface area (Å²) in [6.45, 7) is 0. The molecule has 1 aliphatic rings. The Morgan fingerprint density at radius 1 is 1.70 bits per heavy atom. The third-order valence-corrected chi connectivity index (χ3v) is 2.21. The predicted molar refractivity (Wildman–Crippen MR) is 39.7 cm³/mol. The lowest BCUT2D eigenvalue weighted by Gasteiger charge is -1.94. The van der Waals surface area contributed by atoms with Crippen molar-refractivity contribution in [1.82, 2.24) is 0 Å². The Balaban J connectivity index is 2.63. The van der Waals surface area contributed by atoms with Gasteiger partial charge in [0.05, 0.1) is 4.91 Å². The maximum absolute atomic E-state index is 10.00. The van der Waals surface area contributed by atoms with Gasteiger partial charge in [-0.05, 0) is 0 Å². The second-order valence-corrected chi connectivity index (χ2v) is 2.98. The Bertz CT molecular complexity index is 217. The van der Waals surface area contributed by atoms with E-state index < -0.39 is 7.12 Å². The molecule has 0 fully saturated rings. The molecule has 0 atom stereocenters.